The average molecular weight is 381 g/mol. The van der Waals surface area contributed by atoms with Gasteiger partial charge in [-0.1, -0.05) is 0 Å². The Morgan fingerprint density at radius 3 is 2.76 bits per heavy atom. The number of nitrogens with one attached hydrogen (secondary N) is 1. The lowest BCUT2D eigenvalue weighted by molar-refractivity contribution is -0.0768. The van der Waals surface area contributed by atoms with Gasteiger partial charge in [0, 0.05) is 25.1 Å². The molecule has 4 atom stereocenters. The van der Waals surface area contributed by atoms with E-state index in [1.807, 2.05) is 4.98 Å². The number of hydrogen-bond acceptors (Lipinski definition) is 6. The van der Waals surface area contributed by atoms with Gasteiger partial charge in [0.15, 0.2) is 6.23 Å². The Balaban J connectivity index is 2.65. The summed E-state index contributed by atoms with van der Waals surface area (Å²) in [5.41, 5.74) is -1.71. The molecule has 0 radical (unpaired) electrons. The van der Waals surface area contributed by atoms with Crippen LogP contribution in [-0.2, 0) is 18.8 Å². The third-order valence-electron chi connectivity index (χ3n) is 3.23. The maximum absolute atomic E-state index is 12.2. The van der Waals surface area contributed by atoms with Crippen LogP contribution in [0.2, 0.25) is 0 Å². The first kappa shape index (κ1) is 13.6. The van der Waals surface area contributed by atoms with Crippen LogP contribution < -0.4 is 11.2 Å². The standard InChI is InChI=1S/C14H21N2O8P/c1-8(2)23-11-9(5-7-25(19,20)21)24-13(12(11)22-3)16-6-4-10(17)15-14(16)18/h4-9,11-13H,1-3H3,(H,15,17,18)(H2,19,20,21)/b7-5+/t9-,11-,12-,13-/m1/s1/i3D3,5D,7D. The van der Waals surface area contributed by atoms with Gasteiger partial charge in [-0.3, -0.25) is 18.9 Å². The molecule has 1 fully saturated rings. The van der Waals surface area contributed by atoms with E-state index in [1.54, 1.807) is 13.8 Å². The number of ether oxygens (including phenoxy) is 3. The summed E-state index contributed by atoms with van der Waals surface area (Å²) >= 11 is 0. The molecule has 2 heterocycles. The molecule has 0 aromatic carbocycles. The van der Waals surface area contributed by atoms with Crippen molar-refractivity contribution in [2.45, 2.75) is 44.5 Å². The Kier molecular flexibility index (Phi) is 4.24. The van der Waals surface area contributed by atoms with Crippen molar-refractivity contribution in [2.75, 3.05) is 7.04 Å². The predicted octanol–water partition coefficient (Wildman–Crippen LogP) is -0.0660. The summed E-state index contributed by atoms with van der Waals surface area (Å²) in [6.07, 6.45) is -5.75. The van der Waals surface area contributed by atoms with Crippen LogP contribution in [0.1, 0.15) is 26.9 Å². The summed E-state index contributed by atoms with van der Waals surface area (Å²) in [6.45, 7) is 3.14. The lowest BCUT2D eigenvalue weighted by Crippen LogP contribution is -2.40. The summed E-state index contributed by atoms with van der Waals surface area (Å²) < 4.78 is 66.2. The monoisotopic (exact) mass is 381 g/mol. The molecule has 1 aromatic rings. The number of nitrogens with zero attached hydrogens (tertiary/aromatic N) is 1. The molecule has 2 rings (SSSR count). The molecule has 25 heavy (non-hydrogen) atoms. The molecule has 140 valence electrons. The average Bonchev–Trinajstić information content (AvgIpc) is 2.88. The maximum Gasteiger partial charge on any atom is 0.348 e. The molecule has 3 N–H and O–H groups in total. The number of aromatic nitrogens is 2. The van der Waals surface area contributed by atoms with Crippen molar-refractivity contribution in [2.24, 2.45) is 0 Å². The van der Waals surface area contributed by atoms with E-state index in [0.29, 0.717) is 0 Å². The Morgan fingerprint density at radius 2 is 2.20 bits per heavy atom. The van der Waals surface area contributed by atoms with Gasteiger partial charge < -0.3 is 24.0 Å². The van der Waals surface area contributed by atoms with Crippen LogP contribution in [0.25, 0.3) is 0 Å². The van der Waals surface area contributed by atoms with Gasteiger partial charge in [0.2, 0.25) is 0 Å². The van der Waals surface area contributed by atoms with Crippen LogP contribution in [0.3, 0.4) is 0 Å². The summed E-state index contributed by atoms with van der Waals surface area (Å²) in [4.78, 5) is 44.0. The molecule has 11 heteroatoms. The molecular weight excluding hydrogens is 355 g/mol. The second-order valence-corrected chi connectivity index (χ2v) is 6.81. The first-order valence-corrected chi connectivity index (χ1v) is 8.76. The molecule has 0 unspecified atom stereocenters. The van der Waals surface area contributed by atoms with Gasteiger partial charge in [-0.2, -0.15) is 0 Å². The molecule has 1 aliphatic heterocycles. The minimum absolute atomic E-state index is 0.577. The Bertz CT molecular complexity index is 968. The van der Waals surface area contributed by atoms with E-state index in [0.717, 1.165) is 16.8 Å². The van der Waals surface area contributed by atoms with Crippen molar-refractivity contribution in [3.05, 3.63) is 44.9 Å². The first-order chi connectivity index (χ1) is 13.6. The van der Waals surface area contributed by atoms with E-state index in [9.17, 15) is 23.9 Å². The van der Waals surface area contributed by atoms with Gasteiger partial charge in [0.25, 0.3) is 5.56 Å². The van der Waals surface area contributed by atoms with Crippen LogP contribution in [0, 0.1) is 0 Å². The fraction of sp³-hybridized carbons (Fsp3) is 0.571. The Morgan fingerprint density at radius 1 is 1.48 bits per heavy atom. The maximum atomic E-state index is 12.2. The zero-order valence-corrected chi connectivity index (χ0v) is 14.2. The SMILES string of the molecule is [2H]/C(=C(/[2H])P(=O)(O)O)[C@H]1O[C@@H](n2ccc(=O)[nH]c2=O)[C@H](OC([2H])([2H])[2H])[C@@H]1OC(C)C. The lowest BCUT2D eigenvalue weighted by atomic mass is 10.1. The van der Waals surface area contributed by atoms with E-state index in [2.05, 4.69) is 0 Å². The minimum atomic E-state index is -5.14. The van der Waals surface area contributed by atoms with E-state index in [4.69, 9.17) is 21.1 Å². The van der Waals surface area contributed by atoms with Gasteiger partial charge >= 0.3 is 13.3 Å². The predicted molar refractivity (Wildman–Crippen MR) is 87.2 cm³/mol. The second-order valence-electron chi connectivity index (χ2n) is 5.50. The fourth-order valence-corrected chi connectivity index (χ4v) is 2.64. The molecule has 10 nitrogen and oxygen atoms in total. The van der Waals surface area contributed by atoms with Gasteiger partial charge in [0.1, 0.15) is 18.3 Å². The Labute approximate surface area is 150 Å². The summed E-state index contributed by atoms with van der Waals surface area (Å²) in [5.74, 6) is -1.35. The van der Waals surface area contributed by atoms with Crippen molar-refractivity contribution < 1.29 is 35.4 Å². The van der Waals surface area contributed by atoms with Crippen LogP contribution in [0.5, 0.6) is 0 Å². The highest BCUT2D eigenvalue weighted by atomic mass is 31.2. The topological polar surface area (TPSA) is 140 Å². The molecule has 0 spiro atoms. The molecular formula is C14H21N2O8P. The van der Waals surface area contributed by atoms with Crippen molar-refractivity contribution in [3.8, 4) is 0 Å². The Hall–Kier alpha value is -1.55. The zero-order valence-electron chi connectivity index (χ0n) is 18.3. The van der Waals surface area contributed by atoms with E-state index < -0.39 is 68.4 Å². The number of aromatic amines is 1. The van der Waals surface area contributed by atoms with Crippen LogP contribution in [0.15, 0.2) is 33.7 Å². The van der Waals surface area contributed by atoms with E-state index >= 15 is 0 Å². The van der Waals surface area contributed by atoms with Crippen molar-refractivity contribution in [1.29, 1.82) is 0 Å². The number of methoxy groups -OCH3 is 1. The van der Waals surface area contributed by atoms with E-state index in [1.165, 1.54) is 0 Å². The van der Waals surface area contributed by atoms with Gasteiger partial charge in [-0.15, -0.1) is 0 Å². The molecule has 0 bridgehead atoms. The number of hydrogen-bond donors (Lipinski definition) is 3. The highest BCUT2D eigenvalue weighted by Crippen LogP contribution is 2.39. The van der Waals surface area contributed by atoms with Gasteiger partial charge in [-0.25, -0.2) is 4.79 Å². The highest BCUT2D eigenvalue weighted by Gasteiger charge is 2.46. The number of rotatable bonds is 6. The van der Waals surface area contributed by atoms with Crippen LogP contribution >= 0.6 is 7.60 Å². The molecule has 1 aliphatic rings. The van der Waals surface area contributed by atoms with Crippen LogP contribution in [-0.4, -0.2) is 50.8 Å². The van der Waals surface area contributed by atoms with Crippen molar-refractivity contribution >= 4 is 7.60 Å². The molecule has 1 aromatic heterocycles. The lowest BCUT2D eigenvalue weighted by Gasteiger charge is -2.24. The van der Waals surface area contributed by atoms with Gasteiger partial charge in [-0.05, 0) is 19.9 Å². The van der Waals surface area contributed by atoms with Crippen molar-refractivity contribution in [1.82, 2.24) is 9.55 Å². The molecule has 1 saturated heterocycles. The summed E-state index contributed by atoms with van der Waals surface area (Å²) in [6, 6.07) is -0.000633. The second kappa shape index (κ2) is 7.77. The molecule has 0 amide bonds. The number of H-pyrrole nitrogens is 1. The third kappa shape index (κ3) is 4.97. The van der Waals surface area contributed by atoms with Crippen molar-refractivity contribution in [3.63, 3.8) is 0 Å². The van der Waals surface area contributed by atoms with Crippen LogP contribution in [0.4, 0.5) is 0 Å². The quantitative estimate of drug-likeness (QED) is 0.582. The first-order valence-electron chi connectivity index (χ1n) is 9.65. The highest BCUT2D eigenvalue weighted by molar-refractivity contribution is 7.55. The molecule has 0 aliphatic carbocycles. The summed E-state index contributed by atoms with van der Waals surface area (Å²) in [7, 11) is -8.13. The smallest absolute Gasteiger partial charge is 0.348 e. The van der Waals surface area contributed by atoms with Gasteiger partial charge in [0.05, 0.1) is 13.0 Å². The largest absolute Gasteiger partial charge is 0.374 e. The molecule has 0 saturated carbocycles. The van der Waals surface area contributed by atoms with E-state index in [-0.39, 0.29) is 0 Å². The summed E-state index contributed by atoms with van der Waals surface area (Å²) in [5, 5.41) is 0. The fourth-order valence-electron chi connectivity index (χ4n) is 2.34. The third-order valence-corrected chi connectivity index (χ3v) is 3.65. The zero-order chi connectivity index (χ0) is 23.0. The minimum Gasteiger partial charge on any atom is -0.374 e. The normalized spacial score (nSPS) is 31.6.